The Morgan fingerprint density at radius 1 is 1.25 bits per heavy atom. The number of amides is 1. The average molecular weight is 274 g/mol. The maximum Gasteiger partial charge on any atom is 0.270 e. The van der Waals surface area contributed by atoms with Crippen LogP contribution in [0.25, 0.3) is 0 Å². The van der Waals surface area contributed by atoms with Crippen LogP contribution in [-0.2, 0) is 0 Å². The molecule has 0 saturated heterocycles. The second-order valence-corrected chi connectivity index (χ2v) is 3.90. The van der Waals surface area contributed by atoms with Crippen molar-refractivity contribution in [2.45, 2.75) is 0 Å². The molecule has 0 atom stereocenters. The first-order valence-electron chi connectivity index (χ1n) is 5.52. The Labute approximate surface area is 113 Å². The molecule has 7 nitrogen and oxygen atoms in total. The molecule has 20 heavy (non-hydrogen) atoms. The summed E-state index contributed by atoms with van der Waals surface area (Å²) in [5.74, 6) is -0.496. The number of nitro benzene ring substituents is 1. The monoisotopic (exact) mass is 274 g/mol. The van der Waals surface area contributed by atoms with Gasteiger partial charge in [0.25, 0.3) is 11.6 Å². The maximum atomic E-state index is 11.3. The summed E-state index contributed by atoms with van der Waals surface area (Å²) < 4.78 is 5.40. The van der Waals surface area contributed by atoms with Gasteiger partial charge in [-0.1, -0.05) is 6.07 Å². The minimum Gasteiger partial charge on any atom is -0.508 e. The number of phenols is 1. The van der Waals surface area contributed by atoms with Crippen molar-refractivity contribution in [3.63, 3.8) is 0 Å². The maximum absolute atomic E-state index is 11.3. The summed E-state index contributed by atoms with van der Waals surface area (Å²) in [6.07, 6.45) is 0. The minimum atomic E-state index is -0.844. The summed E-state index contributed by atoms with van der Waals surface area (Å²) in [4.78, 5) is 21.4. The lowest BCUT2D eigenvalue weighted by Crippen LogP contribution is -2.12. The second kappa shape index (κ2) is 5.27. The van der Waals surface area contributed by atoms with E-state index in [1.807, 2.05) is 0 Å². The topological polar surface area (TPSA) is 116 Å². The van der Waals surface area contributed by atoms with Gasteiger partial charge in [-0.25, -0.2) is 0 Å². The van der Waals surface area contributed by atoms with Gasteiger partial charge in [-0.2, -0.15) is 0 Å². The van der Waals surface area contributed by atoms with Gasteiger partial charge < -0.3 is 15.6 Å². The Morgan fingerprint density at radius 3 is 2.60 bits per heavy atom. The number of carbonyl (C=O) groups is 1. The summed E-state index contributed by atoms with van der Waals surface area (Å²) in [7, 11) is 0. The van der Waals surface area contributed by atoms with E-state index in [4.69, 9.17) is 10.5 Å². The summed E-state index contributed by atoms with van der Waals surface area (Å²) in [5.41, 5.74) is 4.81. The van der Waals surface area contributed by atoms with Crippen molar-refractivity contribution >= 4 is 11.6 Å². The van der Waals surface area contributed by atoms with E-state index < -0.39 is 10.8 Å². The predicted octanol–water partition coefficient (Wildman–Crippen LogP) is 2.19. The van der Waals surface area contributed by atoms with Gasteiger partial charge in [-0.05, 0) is 18.2 Å². The lowest BCUT2D eigenvalue weighted by molar-refractivity contribution is -0.384. The number of rotatable bonds is 4. The largest absolute Gasteiger partial charge is 0.508 e. The number of phenolic OH excluding ortho intramolecular Hbond substituents is 1. The molecule has 0 aliphatic carbocycles. The average Bonchev–Trinajstić information content (AvgIpc) is 2.38. The van der Waals surface area contributed by atoms with Gasteiger partial charge >= 0.3 is 0 Å². The zero-order chi connectivity index (χ0) is 14.7. The fourth-order valence-corrected chi connectivity index (χ4v) is 1.59. The van der Waals surface area contributed by atoms with Gasteiger partial charge in [-0.15, -0.1) is 0 Å². The number of aromatic hydroxyl groups is 1. The molecule has 0 bridgehead atoms. The molecule has 3 N–H and O–H groups in total. The van der Waals surface area contributed by atoms with Gasteiger partial charge in [0.2, 0.25) is 0 Å². The van der Waals surface area contributed by atoms with Gasteiger partial charge in [0.05, 0.1) is 10.5 Å². The summed E-state index contributed by atoms with van der Waals surface area (Å²) >= 11 is 0. The third-order valence-corrected chi connectivity index (χ3v) is 2.48. The lowest BCUT2D eigenvalue weighted by atomic mass is 10.1. The molecule has 1 amide bonds. The van der Waals surface area contributed by atoms with E-state index in [1.165, 1.54) is 24.3 Å². The Bertz CT molecular complexity index is 684. The first-order chi connectivity index (χ1) is 9.47. The molecule has 0 fully saturated rings. The Hall–Kier alpha value is -3.09. The van der Waals surface area contributed by atoms with Gasteiger partial charge in [0, 0.05) is 18.2 Å². The predicted molar refractivity (Wildman–Crippen MR) is 69.8 cm³/mol. The Balaban J connectivity index is 2.41. The van der Waals surface area contributed by atoms with Crippen LogP contribution in [0.15, 0.2) is 42.5 Å². The number of primary amides is 1. The van der Waals surface area contributed by atoms with E-state index in [-0.39, 0.29) is 28.5 Å². The van der Waals surface area contributed by atoms with Gasteiger partial charge in [-0.3, -0.25) is 14.9 Å². The molecular formula is C13H10N2O5. The number of carbonyl (C=O) groups excluding carboxylic acids is 1. The third kappa shape index (κ3) is 2.83. The standard InChI is InChI=1S/C13H10N2O5/c14-13(17)11-6-8(15(18)19)4-5-12(11)20-10-3-1-2-9(16)7-10/h1-7,16H,(H2,14,17). The molecule has 0 aliphatic rings. The van der Waals surface area contributed by atoms with Crippen LogP contribution in [0.5, 0.6) is 17.2 Å². The van der Waals surface area contributed by atoms with Crippen LogP contribution in [-0.4, -0.2) is 15.9 Å². The lowest BCUT2D eigenvalue weighted by Gasteiger charge is -2.09. The van der Waals surface area contributed by atoms with Crippen molar-refractivity contribution in [1.82, 2.24) is 0 Å². The van der Waals surface area contributed by atoms with Gasteiger partial charge in [0.1, 0.15) is 17.2 Å². The highest BCUT2D eigenvalue weighted by atomic mass is 16.6. The normalized spacial score (nSPS) is 10.0. The van der Waals surface area contributed by atoms with Crippen molar-refractivity contribution in [1.29, 1.82) is 0 Å². The fourth-order valence-electron chi connectivity index (χ4n) is 1.59. The molecule has 0 saturated carbocycles. The number of hydrogen-bond acceptors (Lipinski definition) is 5. The molecule has 0 radical (unpaired) electrons. The molecule has 2 rings (SSSR count). The Kier molecular flexibility index (Phi) is 3.52. The molecule has 102 valence electrons. The number of nitrogens with zero attached hydrogens (tertiary/aromatic N) is 1. The van der Waals surface area contributed by atoms with E-state index in [0.29, 0.717) is 0 Å². The molecule has 0 aromatic heterocycles. The first-order valence-corrected chi connectivity index (χ1v) is 5.52. The van der Waals surface area contributed by atoms with Crippen LogP contribution in [0.4, 0.5) is 5.69 Å². The summed E-state index contributed by atoms with van der Waals surface area (Å²) in [6.45, 7) is 0. The molecule has 2 aromatic carbocycles. The number of nitro groups is 1. The molecule has 7 heteroatoms. The minimum absolute atomic E-state index is 0.00923. The van der Waals surface area contributed by atoms with Crippen molar-refractivity contribution in [3.8, 4) is 17.2 Å². The quantitative estimate of drug-likeness (QED) is 0.654. The molecular weight excluding hydrogens is 264 g/mol. The van der Waals surface area contributed by atoms with Crippen LogP contribution in [0.2, 0.25) is 0 Å². The van der Waals surface area contributed by atoms with E-state index in [0.717, 1.165) is 6.07 Å². The summed E-state index contributed by atoms with van der Waals surface area (Å²) in [6, 6.07) is 9.43. The van der Waals surface area contributed by atoms with Crippen molar-refractivity contribution < 1.29 is 19.6 Å². The highest BCUT2D eigenvalue weighted by Gasteiger charge is 2.16. The zero-order valence-electron chi connectivity index (χ0n) is 10.1. The molecule has 0 heterocycles. The zero-order valence-corrected chi connectivity index (χ0v) is 10.1. The number of hydrogen-bond donors (Lipinski definition) is 2. The van der Waals surface area contributed by atoms with E-state index in [9.17, 15) is 20.0 Å². The highest BCUT2D eigenvalue weighted by molar-refractivity contribution is 5.96. The smallest absolute Gasteiger partial charge is 0.270 e. The van der Waals surface area contributed by atoms with Crippen molar-refractivity contribution in [2.24, 2.45) is 5.73 Å². The fraction of sp³-hybridized carbons (Fsp3) is 0. The van der Waals surface area contributed by atoms with Crippen LogP contribution >= 0.6 is 0 Å². The van der Waals surface area contributed by atoms with E-state index in [1.54, 1.807) is 12.1 Å². The molecule has 0 aliphatic heterocycles. The molecule has 0 unspecified atom stereocenters. The number of nitrogens with two attached hydrogens (primary N) is 1. The SMILES string of the molecule is NC(=O)c1cc([N+](=O)[O-])ccc1Oc1cccc(O)c1. The third-order valence-electron chi connectivity index (χ3n) is 2.48. The van der Waals surface area contributed by atoms with E-state index in [2.05, 4.69) is 0 Å². The number of benzene rings is 2. The van der Waals surface area contributed by atoms with Crippen molar-refractivity contribution in [2.75, 3.05) is 0 Å². The molecule has 2 aromatic rings. The molecule has 0 spiro atoms. The summed E-state index contributed by atoms with van der Waals surface area (Å²) in [5, 5.41) is 20.0. The van der Waals surface area contributed by atoms with Crippen LogP contribution < -0.4 is 10.5 Å². The van der Waals surface area contributed by atoms with Crippen LogP contribution in [0, 0.1) is 10.1 Å². The number of non-ortho nitro benzene ring substituents is 1. The Morgan fingerprint density at radius 2 is 2.00 bits per heavy atom. The van der Waals surface area contributed by atoms with Crippen molar-refractivity contribution in [3.05, 3.63) is 58.1 Å². The number of ether oxygens (including phenoxy) is 1. The van der Waals surface area contributed by atoms with E-state index >= 15 is 0 Å². The van der Waals surface area contributed by atoms with Crippen LogP contribution in [0.3, 0.4) is 0 Å². The highest BCUT2D eigenvalue weighted by Crippen LogP contribution is 2.29. The second-order valence-electron chi connectivity index (χ2n) is 3.90. The van der Waals surface area contributed by atoms with Crippen LogP contribution in [0.1, 0.15) is 10.4 Å². The first kappa shape index (κ1) is 13.3. The van der Waals surface area contributed by atoms with Gasteiger partial charge in [0.15, 0.2) is 0 Å².